The maximum Gasteiger partial charge on any atom is 0.335 e. The fourth-order valence-corrected chi connectivity index (χ4v) is 2.53. The number of hydrogen-bond donors (Lipinski definition) is 2. The van der Waals surface area contributed by atoms with Gasteiger partial charge in [0.25, 0.3) is 5.91 Å². The van der Waals surface area contributed by atoms with Crippen LogP contribution in [0.1, 0.15) is 38.9 Å². The molecule has 1 heterocycles. The molecule has 0 radical (unpaired) electrons. The summed E-state index contributed by atoms with van der Waals surface area (Å²) < 4.78 is 0. The summed E-state index contributed by atoms with van der Waals surface area (Å²) in [6.07, 6.45) is 1.27. The Bertz CT molecular complexity index is 828. The quantitative estimate of drug-likeness (QED) is 0.829. The van der Waals surface area contributed by atoms with E-state index in [9.17, 15) is 14.4 Å². The molecular weight excluding hydrogens is 334 g/mol. The molecule has 0 saturated heterocycles. The minimum atomic E-state index is -1.14. The van der Waals surface area contributed by atoms with Crippen LogP contribution in [0.25, 0.3) is 0 Å². The average molecular weight is 355 g/mol. The Balaban J connectivity index is 2.13. The normalized spacial score (nSPS) is 10.3. The largest absolute Gasteiger partial charge is 0.478 e. The molecule has 7 heteroatoms. The number of para-hydroxylation sites is 1. The first-order valence-corrected chi connectivity index (χ1v) is 8.18. The van der Waals surface area contributed by atoms with E-state index in [1.165, 1.54) is 23.2 Å². The van der Waals surface area contributed by atoms with E-state index in [1.807, 2.05) is 32.0 Å². The average Bonchev–Trinajstić information content (AvgIpc) is 2.62. The summed E-state index contributed by atoms with van der Waals surface area (Å²) in [6, 6.07) is 8.21. The van der Waals surface area contributed by atoms with Gasteiger partial charge in [-0.1, -0.05) is 18.2 Å². The van der Waals surface area contributed by atoms with Crippen molar-refractivity contribution in [2.45, 2.75) is 20.8 Å². The summed E-state index contributed by atoms with van der Waals surface area (Å²) >= 11 is 0. The van der Waals surface area contributed by atoms with Crippen LogP contribution in [0.4, 0.5) is 5.69 Å². The predicted molar refractivity (Wildman–Crippen MR) is 97.3 cm³/mol. The lowest BCUT2D eigenvalue weighted by molar-refractivity contribution is -0.116. The van der Waals surface area contributed by atoms with Gasteiger partial charge in [-0.2, -0.15) is 0 Å². The molecular formula is C19H21N3O4. The zero-order chi connectivity index (χ0) is 19.3. The maximum atomic E-state index is 12.6. The number of carboxylic acid groups (broad SMARTS) is 1. The number of benzene rings is 1. The van der Waals surface area contributed by atoms with Crippen molar-refractivity contribution in [1.82, 2.24) is 9.88 Å². The van der Waals surface area contributed by atoms with Gasteiger partial charge in [0, 0.05) is 18.4 Å². The number of likely N-dealkylation sites (N-methyl/N-ethyl adjacent to an activating group) is 1. The second-order valence-electron chi connectivity index (χ2n) is 5.87. The number of rotatable bonds is 6. The Kier molecular flexibility index (Phi) is 6.06. The van der Waals surface area contributed by atoms with Gasteiger partial charge >= 0.3 is 5.97 Å². The number of nitrogens with one attached hydrogen (secondary N) is 1. The lowest BCUT2D eigenvalue weighted by Gasteiger charge is -2.21. The van der Waals surface area contributed by atoms with Crippen LogP contribution in [0.15, 0.2) is 36.5 Å². The van der Waals surface area contributed by atoms with Crippen LogP contribution < -0.4 is 5.32 Å². The molecule has 0 aliphatic carbocycles. The highest BCUT2D eigenvalue weighted by atomic mass is 16.4. The van der Waals surface area contributed by atoms with Crippen LogP contribution in [0, 0.1) is 13.8 Å². The SMILES string of the molecule is CCN(CC(=O)Nc1c(C)cccc1C)C(=O)c1cc(C(=O)O)ccn1. The number of amides is 2. The second kappa shape index (κ2) is 8.24. The molecule has 0 fully saturated rings. The van der Waals surface area contributed by atoms with Gasteiger partial charge in [-0.25, -0.2) is 4.79 Å². The van der Waals surface area contributed by atoms with E-state index < -0.39 is 11.9 Å². The minimum absolute atomic E-state index is 0.00776. The van der Waals surface area contributed by atoms with Gasteiger partial charge in [-0.05, 0) is 44.0 Å². The van der Waals surface area contributed by atoms with E-state index >= 15 is 0 Å². The van der Waals surface area contributed by atoms with Crippen molar-refractivity contribution < 1.29 is 19.5 Å². The standard InChI is InChI=1S/C19H21N3O4/c1-4-22(18(24)15-10-14(19(25)26)8-9-20-15)11-16(23)21-17-12(2)6-5-7-13(17)3/h5-10H,4,11H2,1-3H3,(H,21,23)(H,25,26). The first-order valence-electron chi connectivity index (χ1n) is 8.18. The summed E-state index contributed by atoms with van der Waals surface area (Å²) in [5, 5.41) is 11.9. The van der Waals surface area contributed by atoms with E-state index in [0.29, 0.717) is 0 Å². The lowest BCUT2D eigenvalue weighted by atomic mass is 10.1. The summed E-state index contributed by atoms with van der Waals surface area (Å²) in [5.74, 6) is -1.96. The summed E-state index contributed by atoms with van der Waals surface area (Å²) in [6.45, 7) is 5.67. The highest BCUT2D eigenvalue weighted by Gasteiger charge is 2.20. The number of carbonyl (C=O) groups is 3. The molecule has 0 atom stereocenters. The van der Waals surface area contributed by atoms with Crippen LogP contribution >= 0.6 is 0 Å². The fraction of sp³-hybridized carbons (Fsp3) is 0.263. The molecule has 0 aliphatic heterocycles. The molecule has 136 valence electrons. The van der Waals surface area contributed by atoms with Gasteiger partial charge in [-0.15, -0.1) is 0 Å². The number of hydrogen-bond acceptors (Lipinski definition) is 4. The zero-order valence-corrected chi connectivity index (χ0v) is 14.9. The van der Waals surface area contributed by atoms with Crippen LogP contribution in [-0.4, -0.2) is 45.9 Å². The van der Waals surface area contributed by atoms with Crippen molar-refractivity contribution in [2.75, 3.05) is 18.4 Å². The lowest BCUT2D eigenvalue weighted by Crippen LogP contribution is -2.38. The van der Waals surface area contributed by atoms with E-state index in [2.05, 4.69) is 10.3 Å². The highest BCUT2D eigenvalue weighted by Crippen LogP contribution is 2.19. The number of anilines is 1. The topological polar surface area (TPSA) is 99.6 Å². The molecule has 1 aromatic heterocycles. The molecule has 26 heavy (non-hydrogen) atoms. The first kappa shape index (κ1) is 19.1. The smallest absolute Gasteiger partial charge is 0.335 e. The van der Waals surface area contributed by atoms with Gasteiger partial charge in [0.15, 0.2) is 0 Å². The second-order valence-corrected chi connectivity index (χ2v) is 5.87. The fourth-order valence-electron chi connectivity index (χ4n) is 2.53. The van der Waals surface area contributed by atoms with Crippen LogP contribution in [-0.2, 0) is 4.79 Å². The molecule has 0 unspecified atom stereocenters. The van der Waals surface area contributed by atoms with Crippen LogP contribution in [0.2, 0.25) is 0 Å². The number of carboxylic acids is 1. The Hall–Kier alpha value is -3.22. The number of aromatic nitrogens is 1. The van der Waals surface area contributed by atoms with Crippen LogP contribution in [0.3, 0.4) is 0 Å². The molecule has 2 aromatic rings. The first-order chi connectivity index (χ1) is 12.3. The van der Waals surface area contributed by atoms with Gasteiger partial charge in [0.05, 0.1) is 5.56 Å². The molecule has 2 amide bonds. The summed E-state index contributed by atoms with van der Waals surface area (Å²) in [5.41, 5.74) is 2.56. The van der Waals surface area contributed by atoms with Crippen molar-refractivity contribution in [3.63, 3.8) is 0 Å². The zero-order valence-electron chi connectivity index (χ0n) is 14.9. The van der Waals surface area contributed by atoms with E-state index in [0.717, 1.165) is 16.8 Å². The van der Waals surface area contributed by atoms with E-state index in [1.54, 1.807) is 6.92 Å². The third kappa shape index (κ3) is 4.44. The van der Waals surface area contributed by atoms with E-state index in [4.69, 9.17) is 5.11 Å². The van der Waals surface area contributed by atoms with Crippen LogP contribution in [0.5, 0.6) is 0 Å². The van der Waals surface area contributed by atoms with E-state index in [-0.39, 0.29) is 30.3 Å². The number of pyridine rings is 1. The molecule has 1 aromatic carbocycles. The van der Waals surface area contributed by atoms with Gasteiger partial charge < -0.3 is 15.3 Å². The Morgan fingerprint density at radius 3 is 2.38 bits per heavy atom. The van der Waals surface area contributed by atoms with Gasteiger partial charge in [-0.3, -0.25) is 14.6 Å². The number of aromatic carboxylic acids is 1. The van der Waals surface area contributed by atoms with Gasteiger partial charge in [0.1, 0.15) is 12.2 Å². The summed E-state index contributed by atoms with van der Waals surface area (Å²) in [7, 11) is 0. The third-order valence-electron chi connectivity index (χ3n) is 3.97. The van der Waals surface area contributed by atoms with Crippen molar-refractivity contribution >= 4 is 23.5 Å². The number of aryl methyl sites for hydroxylation is 2. The molecule has 7 nitrogen and oxygen atoms in total. The molecule has 2 rings (SSSR count). The maximum absolute atomic E-state index is 12.6. The molecule has 0 spiro atoms. The molecule has 0 bridgehead atoms. The third-order valence-corrected chi connectivity index (χ3v) is 3.97. The summed E-state index contributed by atoms with van der Waals surface area (Å²) in [4.78, 5) is 41.2. The van der Waals surface area contributed by atoms with Crippen molar-refractivity contribution in [2.24, 2.45) is 0 Å². The Morgan fingerprint density at radius 2 is 1.81 bits per heavy atom. The van der Waals surface area contributed by atoms with Crippen molar-refractivity contribution in [3.05, 3.63) is 58.9 Å². The Labute approximate surface area is 151 Å². The molecule has 2 N–H and O–H groups in total. The minimum Gasteiger partial charge on any atom is -0.478 e. The Morgan fingerprint density at radius 1 is 1.15 bits per heavy atom. The van der Waals surface area contributed by atoms with Crippen molar-refractivity contribution in [1.29, 1.82) is 0 Å². The number of carbonyl (C=O) groups excluding carboxylic acids is 2. The molecule has 0 aliphatic rings. The number of nitrogens with zero attached hydrogens (tertiary/aromatic N) is 2. The predicted octanol–water partition coefficient (Wildman–Crippen LogP) is 2.50. The van der Waals surface area contributed by atoms with Crippen molar-refractivity contribution in [3.8, 4) is 0 Å². The molecule has 0 saturated carbocycles. The van der Waals surface area contributed by atoms with Gasteiger partial charge in [0.2, 0.25) is 5.91 Å². The monoisotopic (exact) mass is 355 g/mol. The highest BCUT2D eigenvalue weighted by molar-refractivity contribution is 6.00.